The van der Waals surface area contributed by atoms with E-state index in [1.165, 1.54) is 4.90 Å². The van der Waals surface area contributed by atoms with Gasteiger partial charge in [-0.15, -0.1) is 0 Å². The second-order valence-corrected chi connectivity index (χ2v) is 3.67. The average molecular weight is 228 g/mol. The lowest BCUT2D eigenvalue weighted by atomic mass is 10.1. The molecule has 0 aromatic rings. The summed E-state index contributed by atoms with van der Waals surface area (Å²) in [7, 11) is 1.54. The third-order valence-electron chi connectivity index (χ3n) is 2.47. The van der Waals surface area contributed by atoms with Gasteiger partial charge in [-0.2, -0.15) is 13.2 Å². The van der Waals surface area contributed by atoms with E-state index in [1.807, 2.05) is 6.92 Å². The highest BCUT2D eigenvalue weighted by Crippen LogP contribution is 2.20. The molecular weight excluding hydrogens is 209 g/mol. The number of aliphatic hydroxyl groups is 1. The summed E-state index contributed by atoms with van der Waals surface area (Å²) in [5, 5.41) is 9.02. The molecule has 2 unspecified atom stereocenters. The van der Waals surface area contributed by atoms with Crippen molar-refractivity contribution < 1.29 is 18.3 Å². The minimum Gasteiger partial charge on any atom is -0.395 e. The van der Waals surface area contributed by atoms with Gasteiger partial charge in [-0.3, -0.25) is 4.90 Å². The number of rotatable bonds is 6. The molecule has 0 aliphatic carbocycles. The minimum atomic E-state index is -4.16. The van der Waals surface area contributed by atoms with Crippen molar-refractivity contribution in [2.75, 3.05) is 20.2 Å². The summed E-state index contributed by atoms with van der Waals surface area (Å²) in [6.07, 6.45) is -4.41. The van der Waals surface area contributed by atoms with E-state index in [9.17, 15) is 13.2 Å². The summed E-state index contributed by atoms with van der Waals surface area (Å²) in [5.74, 6) is 0. The lowest BCUT2D eigenvalue weighted by Crippen LogP contribution is -2.48. The van der Waals surface area contributed by atoms with E-state index in [0.717, 1.165) is 0 Å². The standard InChI is InChI=1S/C9H19F3N2O/c1-3-7(13)8(6-15)14(2)5-4-9(10,11)12/h7-8,15H,3-6,13H2,1-2H3. The highest BCUT2D eigenvalue weighted by Gasteiger charge is 2.29. The van der Waals surface area contributed by atoms with Crippen molar-refractivity contribution in [2.24, 2.45) is 5.73 Å². The molecule has 0 aliphatic heterocycles. The fraction of sp³-hybridized carbons (Fsp3) is 1.00. The summed E-state index contributed by atoms with van der Waals surface area (Å²) in [5.41, 5.74) is 5.69. The van der Waals surface area contributed by atoms with E-state index in [1.54, 1.807) is 7.05 Å². The lowest BCUT2D eigenvalue weighted by molar-refractivity contribution is -0.139. The number of halogens is 3. The number of likely N-dealkylation sites (N-methyl/N-ethyl adjacent to an activating group) is 1. The molecule has 0 heterocycles. The number of aliphatic hydroxyl groups excluding tert-OH is 1. The van der Waals surface area contributed by atoms with Crippen molar-refractivity contribution >= 4 is 0 Å². The van der Waals surface area contributed by atoms with Crippen LogP contribution in [0.25, 0.3) is 0 Å². The second-order valence-electron chi connectivity index (χ2n) is 3.67. The van der Waals surface area contributed by atoms with E-state index in [0.29, 0.717) is 6.42 Å². The molecule has 3 nitrogen and oxygen atoms in total. The highest BCUT2D eigenvalue weighted by atomic mass is 19.4. The monoisotopic (exact) mass is 228 g/mol. The normalized spacial score (nSPS) is 16.8. The van der Waals surface area contributed by atoms with Crippen molar-refractivity contribution in [2.45, 2.75) is 38.0 Å². The quantitative estimate of drug-likeness (QED) is 0.712. The zero-order valence-electron chi connectivity index (χ0n) is 9.09. The molecule has 3 N–H and O–H groups in total. The largest absolute Gasteiger partial charge is 0.395 e. The van der Waals surface area contributed by atoms with Gasteiger partial charge in [0.1, 0.15) is 0 Å². The van der Waals surface area contributed by atoms with Crippen LogP contribution in [0.3, 0.4) is 0 Å². The van der Waals surface area contributed by atoms with Crippen LogP contribution in [0.5, 0.6) is 0 Å². The Hall–Kier alpha value is -0.330. The summed E-state index contributed by atoms with van der Waals surface area (Å²) in [6.45, 7) is 1.48. The Labute approximate surface area is 88.0 Å². The van der Waals surface area contributed by atoms with Gasteiger partial charge in [-0.25, -0.2) is 0 Å². The molecule has 0 aromatic carbocycles. The molecule has 0 aliphatic rings. The molecule has 0 saturated heterocycles. The van der Waals surface area contributed by atoms with Crippen LogP contribution in [0, 0.1) is 0 Å². The Balaban J connectivity index is 4.10. The molecule has 0 radical (unpaired) electrons. The van der Waals surface area contributed by atoms with Gasteiger partial charge in [0, 0.05) is 18.6 Å². The van der Waals surface area contributed by atoms with Crippen LogP contribution >= 0.6 is 0 Å². The van der Waals surface area contributed by atoms with Gasteiger partial charge in [-0.1, -0.05) is 6.92 Å². The molecule has 15 heavy (non-hydrogen) atoms. The minimum absolute atomic E-state index is 0.136. The van der Waals surface area contributed by atoms with Gasteiger partial charge in [0.25, 0.3) is 0 Å². The SMILES string of the molecule is CCC(N)C(CO)N(C)CCC(F)(F)F. The Morgan fingerprint density at radius 2 is 1.93 bits per heavy atom. The molecule has 6 heteroatoms. The summed E-state index contributed by atoms with van der Waals surface area (Å²) in [6, 6.07) is -0.703. The van der Waals surface area contributed by atoms with Gasteiger partial charge in [0.2, 0.25) is 0 Å². The first-order valence-corrected chi connectivity index (χ1v) is 4.95. The van der Waals surface area contributed by atoms with Crippen molar-refractivity contribution in [3.8, 4) is 0 Å². The molecule has 92 valence electrons. The Morgan fingerprint density at radius 3 is 2.27 bits per heavy atom. The van der Waals surface area contributed by atoms with Crippen LogP contribution < -0.4 is 5.73 Å². The topological polar surface area (TPSA) is 49.5 Å². The number of nitrogens with zero attached hydrogens (tertiary/aromatic N) is 1. The zero-order valence-corrected chi connectivity index (χ0v) is 9.09. The van der Waals surface area contributed by atoms with E-state index < -0.39 is 18.6 Å². The van der Waals surface area contributed by atoms with Gasteiger partial charge < -0.3 is 10.8 Å². The van der Waals surface area contributed by atoms with Crippen molar-refractivity contribution in [1.29, 1.82) is 0 Å². The third-order valence-corrected chi connectivity index (χ3v) is 2.47. The highest BCUT2D eigenvalue weighted by molar-refractivity contribution is 4.79. The molecule has 0 saturated carbocycles. The smallest absolute Gasteiger partial charge is 0.390 e. The molecule has 0 fully saturated rings. The van der Waals surface area contributed by atoms with Crippen molar-refractivity contribution in [1.82, 2.24) is 4.90 Å². The maximum Gasteiger partial charge on any atom is 0.390 e. The predicted octanol–water partition coefficient (Wildman–Crippen LogP) is 0.969. The molecule has 0 aromatic heterocycles. The van der Waals surface area contributed by atoms with E-state index in [2.05, 4.69) is 0 Å². The maximum absolute atomic E-state index is 11.9. The number of alkyl halides is 3. The third kappa shape index (κ3) is 5.96. The fourth-order valence-electron chi connectivity index (χ4n) is 1.34. The average Bonchev–Trinajstić information content (AvgIpc) is 2.14. The van der Waals surface area contributed by atoms with Gasteiger partial charge >= 0.3 is 6.18 Å². The molecule has 0 amide bonds. The van der Waals surface area contributed by atoms with Crippen molar-refractivity contribution in [3.05, 3.63) is 0 Å². The van der Waals surface area contributed by atoms with Crippen LogP contribution in [-0.4, -0.2) is 48.5 Å². The second kappa shape index (κ2) is 6.30. The molecular formula is C9H19F3N2O. The van der Waals surface area contributed by atoms with Gasteiger partial charge in [-0.05, 0) is 13.5 Å². The van der Waals surface area contributed by atoms with Gasteiger partial charge in [0.15, 0.2) is 0 Å². The van der Waals surface area contributed by atoms with Crippen LogP contribution in [0.15, 0.2) is 0 Å². The number of hydrogen-bond donors (Lipinski definition) is 2. The number of nitrogens with two attached hydrogens (primary N) is 1. The Kier molecular flexibility index (Phi) is 6.16. The molecule has 0 rings (SSSR count). The van der Waals surface area contributed by atoms with Crippen LogP contribution in [-0.2, 0) is 0 Å². The first-order valence-electron chi connectivity index (χ1n) is 4.95. The Morgan fingerprint density at radius 1 is 1.40 bits per heavy atom. The van der Waals surface area contributed by atoms with Crippen LogP contribution in [0.4, 0.5) is 13.2 Å². The van der Waals surface area contributed by atoms with Gasteiger partial charge in [0.05, 0.1) is 13.0 Å². The maximum atomic E-state index is 11.9. The summed E-state index contributed by atoms with van der Waals surface area (Å²) < 4.78 is 35.8. The van der Waals surface area contributed by atoms with Crippen molar-refractivity contribution in [3.63, 3.8) is 0 Å². The number of hydrogen-bond acceptors (Lipinski definition) is 3. The molecule has 0 spiro atoms. The summed E-state index contributed by atoms with van der Waals surface area (Å²) >= 11 is 0. The molecule has 2 atom stereocenters. The fourth-order valence-corrected chi connectivity index (χ4v) is 1.34. The lowest BCUT2D eigenvalue weighted by Gasteiger charge is -2.30. The first-order chi connectivity index (χ1) is 6.81. The molecule has 0 bridgehead atoms. The van der Waals surface area contributed by atoms with E-state index >= 15 is 0 Å². The van der Waals surface area contributed by atoms with E-state index in [-0.39, 0.29) is 19.2 Å². The zero-order chi connectivity index (χ0) is 12.1. The Bertz CT molecular complexity index is 175. The predicted molar refractivity (Wildman–Crippen MR) is 52.4 cm³/mol. The summed E-state index contributed by atoms with van der Waals surface area (Å²) in [4.78, 5) is 1.46. The van der Waals surface area contributed by atoms with Crippen LogP contribution in [0.1, 0.15) is 19.8 Å². The van der Waals surface area contributed by atoms with E-state index in [4.69, 9.17) is 10.8 Å². The van der Waals surface area contributed by atoms with Crippen LogP contribution in [0.2, 0.25) is 0 Å². The first kappa shape index (κ1) is 14.7.